The van der Waals surface area contributed by atoms with Crippen LogP contribution < -0.4 is 4.90 Å². The number of pyridine rings is 1. The van der Waals surface area contributed by atoms with Crippen LogP contribution in [-0.2, 0) is 0 Å². The zero-order chi connectivity index (χ0) is 12.9. The minimum atomic E-state index is -1.03. The first-order valence-electron chi connectivity index (χ1n) is 5.99. The van der Waals surface area contributed by atoms with Crippen LogP contribution in [0.3, 0.4) is 0 Å². The van der Waals surface area contributed by atoms with Crippen molar-refractivity contribution in [2.24, 2.45) is 11.8 Å². The molecule has 1 N–H and O–H groups in total. The van der Waals surface area contributed by atoms with Crippen molar-refractivity contribution >= 4 is 11.8 Å². The minimum absolute atomic E-state index is 0.111. The highest BCUT2D eigenvalue weighted by Crippen LogP contribution is 2.46. The lowest BCUT2D eigenvalue weighted by Gasteiger charge is -2.21. The third-order valence-corrected chi connectivity index (χ3v) is 3.94. The van der Waals surface area contributed by atoms with Gasteiger partial charge in [0.2, 0.25) is 0 Å². The Bertz CT molecular complexity index is 566. The molecule has 1 aliphatic carbocycles. The zero-order valence-electron chi connectivity index (χ0n) is 10.1. The van der Waals surface area contributed by atoms with Crippen molar-refractivity contribution in [3.63, 3.8) is 0 Å². The fraction of sp³-hybridized carbons (Fsp3) is 0.462. The fourth-order valence-corrected chi connectivity index (χ4v) is 2.75. The maximum Gasteiger partial charge on any atom is 0.337 e. The SMILES string of the molecule is Cc1c(C(=O)O)cnc(N2CC3CC3C2)c1C#N. The molecule has 0 aromatic carbocycles. The number of aromatic carboxylic acids is 1. The zero-order valence-corrected chi connectivity index (χ0v) is 10.1. The third-order valence-electron chi connectivity index (χ3n) is 3.94. The Morgan fingerprint density at radius 1 is 1.56 bits per heavy atom. The van der Waals surface area contributed by atoms with Crippen molar-refractivity contribution in [3.8, 4) is 6.07 Å². The van der Waals surface area contributed by atoms with Crippen LogP contribution in [0.15, 0.2) is 6.20 Å². The van der Waals surface area contributed by atoms with Gasteiger partial charge >= 0.3 is 5.97 Å². The topological polar surface area (TPSA) is 77.2 Å². The lowest BCUT2D eigenvalue weighted by atomic mass is 10.1. The summed E-state index contributed by atoms with van der Waals surface area (Å²) in [5.41, 5.74) is 1.02. The van der Waals surface area contributed by atoms with E-state index in [4.69, 9.17) is 5.11 Å². The highest BCUT2D eigenvalue weighted by Gasteiger charge is 2.46. The van der Waals surface area contributed by atoms with Crippen LogP contribution in [0.5, 0.6) is 0 Å². The Labute approximate surface area is 105 Å². The molecule has 5 nitrogen and oxygen atoms in total. The number of carboxylic acid groups (broad SMARTS) is 1. The molecule has 18 heavy (non-hydrogen) atoms. The standard InChI is InChI=1S/C13H13N3O2/c1-7-10(3-14)12(15-4-11(7)13(17)18)16-5-8-2-9(8)6-16/h4,8-9H,2,5-6H2,1H3,(H,17,18). The smallest absolute Gasteiger partial charge is 0.337 e. The Morgan fingerprint density at radius 2 is 2.22 bits per heavy atom. The second kappa shape index (κ2) is 3.70. The summed E-state index contributed by atoms with van der Waals surface area (Å²) in [7, 11) is 0. The van der Waals surface area contributed by atoms with Gasteiger partial charge in [0.25, 0.3) is 0 Å². The maximum absolute atomic E-state index is 11.0. The van der Waals surface area contributed by atoms with Crippen molar-refractivity contribution in [1.82, 2.24) is 4.98 Å². The number of carboxylic acids is 1. The summed E-state index contributed by atoms with van der Waals surface area (Å²) >= 11 is 0. The first kappa shape index (κ1) is 11.0. The van der Waals surface area contributed by atoms with E-state index in [0.717, 1.165) is 24.9 Å². The van der Waals surface area contributed by atoms with E-state index < -0.39 is 5.97 Å². The van der Waals surface area contributed by atoms with Crippen LogP contribution in [0.4, 0.5) is 5.82 Å². The summed E-state index contributed by atoms with van der Waals surface area (Å²) in [5.74, 6) is 1.11. The number of fused-ring (bicyclic) bond motifs is 1. The van der Waals surface area contributed by atoms with Gasteiger partial charge in [-0.1, -0.05) is 0 Å². The van der Waals surface area contributed by atoms with Gasteiger partial charge in [-0.15, -0.1) is 0 Å². The Balaban J connectivity index is 2.02. The number of rotatable bonds is 2. The molecular formula is C13H13N3O2. The number of hydrogen-bond acceptors (Lipinski definition) is 4. The molecule has 1 aromatic rings. The van der Waals surface area contributed by atoms with Gasteiger partial charge in [0, 0.05) is 19.3 Å². The van der Waals surface area contributed by atoms with E-state index in [1.165, 1.54) is 12.6 Å². The summed E-state index contributed by atoms with van der Waals surface area (Å²) in [6, 6.07) is 2.10. The number of carbonyl (C=O) groups is 1. The second-order valence-electron chi connectivity index (χ2n) is 5.07. The second-order valence-corrected chi connectivity index (χ2v) is 5.07. The Morgan fingerprint density at radius 3 is 2.78 bits per heavy atom. The highest BCUT2D eigenvalue weighted by atomic mass is 16.4. The summed E-state index contributed by atoms with van der Waals surface area (Å²) in [6.45, 7) is 3.56. The normalized spacial score (nSPS) is 24.6. The van der Waals surface area contributed by atoms with Crippen LogP contribution in [0.1, 0.15) is 27.9 Å². The van der Waals surface area contributed by atoms with Gasteiger partial charge < -0.3 is 10.0 Å². The predicted octanol–water partition coefficient (Wildman–Crippen LogP) is 1.42. The van der Waals surface area contributed by atoms with Crippen LogP contribution in [-0.4, -0.2) is 29.1 Å². The van der Waals surface area contributed by atoms with Gasteiger partial charge in [-0.25, -0.2) is 9.78 Å². The quantitative estimate of drug-likeness (QED) is 0.849. The molecular weight excluding hydrogens is 230 g/mol. The molecule has 1 aliphatic heterocycles. The third kappa shape index (κ3) is 1.53. The molecule has 2 fully saturated rings. The summed E-state index contributed by atoms with van der Waals surface area (Å²) in [6.07, 6.45) is 2.64. The van der Waals surface area contributed by atoms with Gasteiger partial charge in [0.15, 0.2) is 0 Å². The number of hydrogen-bond donors (Lipinski definition) is 1. The molecule has 1 aromatic heterocycles. The molecule has 2 heterocycles. The van der Waals surface area contributed by atoms with E-state index in [-0.39, 0.29) is 5.56 Å². The molecule has 2 aliphatic rings. The molecule has 0 amide bonds. The maximum atomic E-state index is 11.0. The van der Waals surface area contributed by atoms with Gasteiger partial charge in [0.1, 0.15) is 11.9 Å². The average molecular weight is 243 g/mol. The van der Waals surface area contributed by atoms with Crippen molar-refractivity contribution in [2.75, 3.05) is 18.0 Å². The predicted molar refractivity (Wildman–Crippen MR) is 64.5 cm³/mol. The summed E-state index contributed by atoms with van der Waals surface area (Å²) < 4.78 is 0. The first-order chi connectivity index (χ1) is 8.61. The molecule has 92 valence electrons. The van der Waals surface area contributed by atoms with Crippen molar-refractivity contribution in [1.29, 1.82) is 5.26 Å². The number of aromatic nitrogens is 1. The lowest BCUT2D eigenvalue weighted by molar-refractivity contribution is 0.0695. The molecule has 1 saturated carbocycles. The van der Waals surface area contributed by atoms with E-state index in [1.54, 1.807) is 6.92 Å². The van der Waals surface area contributed by atoms with Crippen molar-refractivity contribution < 1.29 is 9.90 Å². The van der Waals surface area contributed by atoms with E-state index in [1.807, 2.05) is 0 Å². The molecule has 2 unspecified atom stereocenters. The Hall–Kier alpha value is -2.09. The molecule has 2 atom stereocenters. The molecule has 0 radical (unpaired) electrons. The van der Waals surface area contributed by atoms with Crippen molar-refractivity contribution in [3.05, 3.63) is 22.9 Å². The van der Waals surface area contributed by atoms with Gasteiger partial charge in [-0.3, -0.25) is 0 Å². The molecule has 3 rings (SSSR count). The van der Waals surface area contributed by atoms with Gasteiger partial charge in [0.05, 0.1) is 11.1 Å². The molecule has 1 saturated heterocycles. The van der Waals surface area contributed by atoms with E-state index >= 15 is 0 Å². The highest BCUT2D eigenvalue weighted by molar-refractivity contribution is 5.90. The largest absolute Gasteiger partial charge is 0.478 e. The molecule has 0 bridgehead atoms. The Kier molecular flexibility index (Phi) is 2.27. The monoisotopic (exact) mass is 243 g/mol. The number of anilines is 1. The van der Waals surface area contributed by atoms with E-state index in [2.05, 4.69) is 16.0 Å². The number of nitriles is 1. The average Bonchev–Trinajstić information content (AvgIpc) is 2.95. The van der Waals surface area contributed by atoms with Crippen LogP contribution in [0.25, 0.3) is 0 Å². The van der Waals surface area contributed by atoms with Gasteiger partial charge in [-0.2, -0.15) is 5.26 Å². The molecule has 5 heteroatoms. The fourth-order valence-electron chi connectivity index (χ4n) is 2.75. The van der Waals surface area contributed by atoms with Crippen LogP contribution in [0.2, 0.25) is 0 Å². The van der Waals surface area contributed by atoms with Crippen LogP contribution in [0, 0.1) is 30.1 Å². The van der Waals surface area contributed by atoms with E-state index in [0.29, 0.717) is 16.9 Å². The van der Waals surface area contributed by atoms with E-state index in [9.17, 15) is 10.1 Å². The first-order valence-corrected chi connectivity index (χ1v) is 5.99. The number of nitrogens with zero attached hydrogens (tertiary/aromatic N) is 3. The van der Waals surface area contributed by atoms with Crippen molar-refractivity contribution in [2.45, 2.75) is 13.3 Å². The minimum Gasteiger partial charge on any atom is -0.478 e. The summed E-state index contributed by atoms with van der Waals surface area (Å²) in [4.78, 5) is 17.3. The van der Waals surface area contributed by atoms with Crippen LogP contribution >= 0.6 is 0 Å². The summed E-state index contributed by atoms with van der Waals surface area (Å²) in [5, 5.41) is 18.3. The molecule has 0 spiro atoms. The lowest BCUT2D eigenvalue weighted by Crippen LogP contribution is -2.24. The van der Waals surface area contributed by atoms with Gasteiger partial charge in [-0.05, 0) is 30.7 Å². The number of piperidine rings is 1.